The number of thioether (sulfide) groups is 1. The zero-order chi connectivity index (χ0) is 21.0. The van der Waals surface area contributed by atoms with Crippen LogP contribution in [0.2, 0.25) is 5.02 Å². The molecule has 1 aliphatic rings. The third-order valence-corrected chi connectivity index (χ3v) is 5.36. The molecule has 0 aliphatic carbocycles. The minimum absolute atomic E-state index is 0.0524. The van der Waals surface area contributed by atoms with Crippen molar-refractivity contribution in [2.45, 2.75) is 30.0 Å². The predicted molar refractivity (Wildman–Crippen MR) is 104 cm³/mol. The van der Waals surface area contributed by atoms with Gasteiger partial charge in [-0.1, -0.05) is 11.6 Å². The van der Waals surface area contributed by atoms with Crippen LogP contribution in [0.4, 0.5) is 13.2 Å². The fourth-order valence-corrected chi connectivity index (χ4v) is 3.60. The fraction of sp³-hybridized carbons (Fsp3) is 0.350. The maximum Gasteiger partial charge on any atom is 0.416 e. The fourth-order valence-electron chi connectivity index (χ4n) is 2.82. The molecule has 1 atom stereocenters. The lowest BCUT2D eigenvalue weighted by atomic mass is 10.1. The van der Waals surface area contributed by atoms with Gasteiger partial charge in [0.2, 0.25) is 0 Å². The van der Waals surface area contributed by atoms with E-state index < -0.39 is 17.7 Å². The standard InChI is InChI=1S/C20H18ClF3O4S/c1-29-18-7-5-13(10-15(18)19(25)28-14-3-2-8-26-11-14)27-17-6-4-12(9-16(17)21)20(22,23)24/h4-7,9-10,14H,2-3,8,11H2,1H3. The molecule has 0 N–H and O–H groups in total. The number of esters is 1. The summed E-state index contributed by atoms with van der Waals surface area (Å²) in [6.45, 7) is 1.01. The summed E-state index contributed by atoms with van der Waals surface area (Å²) in [5.74, 6) is -0.193. The highest BCUT2D eigenvalue weighted by Gasteiger charge is 2.31. The van der Waals surface area contributed by atoms with Crippen molar-refractivity contribution < 1.29 is 32.2 Å². The molecule has 156 valence electrons. The van der Waals surface area contributed by atoms with E-state index in [4.69, 9.17) is 25.8 Å². The number of benzene rings is 2. The first-order valence-electron chi connectivity index (χ1n) is 8.79. The molecule has 0 bridgehead atoms. The Bertz CT molecular complexity index is 883. The number of hydrogen-bond donors (Lipinski definition) is 0. The van der Waals surface area contributed by atoms with Crippen molar-refractivity contribution in [3.05, 3.63) is 52.5 Å². The molecule has 0 aromatic heterocycles. The molecule has 9 heteroatoms. The number of ether oxygens (including phenoxy) is 3. The summed E-state index contributed by atoms with van der Waals surface area (Å²) >= 11 is 7.31. The Hall–Kier alpha value is -1.90. The summed E-state index contributed by atoms with van der Waals surface area (Å²) in [4.78, 5) is 13.3. The maximum absolute atomic E-state index is 12.8. The van der Waals surface area contributed by atoms with Gasteiger partial charge in [-0.05, 0) is 55.5 Å². The number of alkyl halides is 3. The van der Waals surface area contributed by atoms with Gasteiger partial charge < -0.3 is 14.2 Å². The molecule has 3 rings (SSSR count). The highest BCUT2D eigenvalue weighted by Crippen LogP contribution is 2.37. The Morgan fingerprint density at radius 3 is 2.66 bits per heavy atom. The molecule has 0 radical (unpaired) electrons. The van der Waals surface area contributed by atoms with Gasteiger partial charge >= 0.3 is 12.1 Å². The van der Waals surface area contributed by atoms with Gasteiger partial charge in [0.05, 0.1) is 22.8 Å². The van der Waals surface area contributed by atoms with E-state index in [1.165, 1.54) is 17.8 Å². The first-order chi connectivity index (χ1) is 13.8. The van der Waals surface area contributed by atoms with Gasteiger partial charge in [-0.2, -0.15) is 13.2 Å². The molecule has 2 aromatic rings. The van der Waals surface area contributed by atoms with Crippen molar-refractivity contribution >= 4 is 29.3 Å². The van der Waals surface area contributed by atoms with Crippen LogP contribution in [0.15, 0.2) is 41.3 Å². The Morgan fingerprint density at radius 2 is 2.03 bits per heavy atom. The van der Waals surface area contributed by atoms with Crippen LogP contribution in [-0.2, 0) is 15.7 Å². The highest BCUT2D eigenvalue weighted by molar-refractivity contribution is 7.98. The molecule has 0 spiro atoms. The minimum Gasteiger partial charge on any atom is -0.456 e. The van der Waals surface area contributed by atoms with Crippen LogP contribution < -0.4 is 4.74 Å². The van der Waals surface area contributed by atoms with E-state index in [1.54, 1.807) is 12.1 Å². The Morgan fingerprint density at radius 1 is 1.24 bits per heavy atom. The molecule has 29 heavy (non-hydrogen) atoms. The van der Waals surface area contributed by atoms with Crippen molar-refractivity contribution in [3.63, 3.8) is 0 Å². The number of halogens is 4. The maximum atomic E-state index is 12.8. The lowest BCUT2D eigenvalue weighted by Gasteiger charge is -2.22. The summed E-state index contributed by atoms with van der Waals surface area (Å²) in [5.41, 5.74) is -0.560. The van der Waals surface area contributed by atoms with E-state index in [2.05, 4.69) is 0 Å². The van der Waals surface area contributed by atoms with Gasteiger partial charge in [-0.25, -0.2) is 4.79 Å². The van der Waals surface area contributed by atoms with Crippen LogP contribution in [0.1, 0.15) is 28.8 Å². The Balaban J connectivity index is 1.80. The van der Waals surface area contributed by atoms with Gasteiger partial charge in [-0.15, -0.1) is 11.8 Å². The summed E-state index contributed by atoms with van der Waals surface area (Å²) in [6, 6.07) is 7.62. The normalized spacial score (nSPS) is 17.1. The summed E-state index contributed by atoms with van der Waals surface area (Å²) in [6.07, 6.45) is -1.43. The van der Waals surface area contributed by atoms with Crippen molar-refractivity contribution in [1.29, 1.82) is 0 Å². The van der Waals surface area contributed by atoms with Gasteiger partial charge in [-0.3, -0.25) is 0 Å². The Labute approximate surface area is 175 Å². The monoisotopic (exact) mass is 446 g/mol. The number of carbonyl (C=O) groups excluding carboxylic acids is 1. The molecule has 1 saturated heterocycles. The molecule has 1 fully saturated rings. The van der Waals surface area contributed by atoms with E-state index in [0.717, 1.165) is 31.0 Å². The number of carbonyl (C=O) groups is 1. The lowest BCUT2D eigenvalue weighted by molar-refractivity contribution is -0.137. The predicted octanol–water partition coefficient (Wildman–Crippen LogP) is 6.21. The topological polar surface area (TPSA) is 44.8 Å². The van der Waals surface area contributed by atoms with Crippen LogP contribution in [0.25, 0.3) is 0 Å². The SMILES string of the molecule is CSc1ccc(Oc2ccc(C(F)(F)F)cc2Cl)cc1C(=O)OC1CCCOC1. The van der Waals surface area contributed by atoms with E-state index >= 15 is 0 Å². The summed E-state index contributed by atoms with van der Waals surface area (Å²) in [7, 11) is 0. The zero-order valence-corrected chi connectivity index (χ0v) is 17.0. The first-order valence-corrected chi connectivity index (χ1v) is 10.4. The smallest absolute Gasteiger partial charge is 0.416 e. The van der Waals surface area contributed by atoms with Gasteiger partial charge in [0, 0.05) is 11.5 Å². The molecular weight excluding hydrogens is 429 g/mol. The lowest BCUT2D eigenvalue weighted by Crippen LogP contribution is -2.28. The highest BCUT2D eigenvalue weighted by atomic mass is 35.5. The molecule has 0 saturated carbocycles. The van der Waals surface area contributed by atoms with Crippen molar-refractivity contribution in [2.75, 3.05) is 19.5 Å². The van der Waals surface area contributed by atoms with E-state index in [0.29, 0.717) is 23.7 Å². The Kier molecular flexibility index (Phi) is 6.97. The van der Waals surface area contributed by atoms with Crippen molar-refractivity contribution in [2.24, 2.45) is 0 Å². The quantitative estimate of drug-likeness (QED) is 0.403. The van der Waals surface area contributed by atoms with Crippen LogP contribution in [0, 0.1) is 0 Å². The molecule has 2 aromatic carbocycles. The molecule has 1 unspecified atom stereocenters. The third kappa shape index (κ3) is 5.58. The molecule has 0 amide bonds. The number of rotatable bonds is 5. The van der Waals surface area contributed by atoms with Gasteiger partial charge in [0.25, 0.3) is 0 Å². The van der Waals surface area contributed by atoms with Crippen molar-refractivity contribution in [1.82, 2.24) is 0 Å². The molecule has 1 aliphatic heterocycles. The number of hydrogen-bond acceptors (Lipinski definition) is 5. The zero-order valence-electron chi connectivity index (χ0n) is 15.4. The van der Waals surface area contributed by atoms with Crippen LogP contribution in [-0.4, -0.2) is 31.5 Å². The van der Waals surface area contributed by atoms with E-state index in [9.17, 15) is 18.0 Å². The second kappa shape index (κ2) is 9.28. The van der Waals surface area contributed by atoms with Gasteiger partial charge in [0.1, 0.15) is 17.6 Å². The molecular formula is C20H18ClF3O4S. The minimum atomic E-state index is -4.50. The van der Waals surface area contributed by atoms with Crippen LogP contribution in [0.3, 0.4) is 0 Å². The molecule has 4 nitrogen and oxygen atoms in total. The average molecular weight is 447 g/mol. The van der Waals surface area contributed by atoms with Crippen LogP contribution in [0.5, 0.6) is 11.5 Å². The summed E-state index contributed by atoms with van der Waals surface area (Å²) < 4.78 is 54.8. The summed E-state index contributed by atoms with van der Waals surface area (Å²) in [5, 5.41) is -0.183. The third-order valence-electron chi connectivity index (χ3n) is 4.27. The second-order valence-electron chi connectivity index (χ2n) is 6.35. The van der Waals surface area contributed by atoms with E-state index in [1.807, 2.05) is 6.26 Å². The van der Waals surface area contributed by atoms with E-state index in [-0.39, 0.29) is 22.6 Å². The average Bonchev–Trinajstić information content (AvgIpc) is 2.69. The second-order valence-corrected chi connectivity index (χ2v) is 7.61. The first kappa shape index (κ1) is 21.8. The van der Waals surface area contributed by atoms with Crippen molar-refractivity contribution in [3.8, 4) is 11.5 Å². The molecule has 1 heterocycles. The van der Waals surface area contributed by atoms with Gasteiger partial charge in [0.15, 0.2) is 0 Å². The largest absolute Gasteiger partial charge is 0.456 e. The van der Waals surface area contributed by atoms with Crippen LogP contribution >= 0.6 is 23.4 Å².